The number of ether oxygens (including phenoxy) is 3. The van der Waals surface area contributed by atoms with E-state index in [2.05, 4.69) is 26.8 Å². The summed E-state index contributed by atoms with van der Waals surface area (Å²) in [6.07, 6.45) is 4.43. The molecule has 2 aromatic carbocycles. The zero-order valence-corrected chi connectivity index (χ0v) is 21.8. The van der Waals surface area contributed by atoms with Crippen LogP contribution in [0.1, 0.15) is 28.8 Å². The Bertz CT molecular complexity index is 1380. The molecule has 0 saturated carbocycles. The number of aliphatic hydroxyl groups excluding tert-OH is 1. The molecule has 1 amide bonds. The lowest BCUT2D eigenvalue weighted by Gasteiger charge is -2.26. The molecule has 0 bridgehead atoms. The number of nitrogens with zero attached hydrogens (tertiary/aromatic N) is 3. The van der Waals surface area contributed by atoms with Crippen molar-refractivity contribution in [3.8, 4) is 23.1 Å². The van der Waals surface area contributed by atoms with Crippen LogP contribution >= 0.6 is 0 Å². The number of nitrogens with two attached hydrogens (primary N) is 1. The van der Waals surface area contributed by atoms with Crippen molar-refractivity contribution in [1.82, 2.24) is 9.97 Å². The van der Waals surface area contributed by atoms with Gasteiger partial charge in [-0.1, -0.05) is 6.58 Å². The summed E-state index contributed by atoms with van der Waals surface area (Å²) < 4.78 is 16.9. The van der Waals surface area contributed by atoms with Crippen molar-refractivity contribution < 1.29 is 28.9 Å². The highest BCUT2D eigenvalue weighted by molar-refractivity contribution is 5.95. The van der Waals surface area contributed by atoms with Crippen LogP contribution in [0.3, 0.4) is 0 Å². The first-order valence-electron chi connectivity index (χ1n) is 12.4. The number of allylic oxidation sites excluding steroid dienone is 1. The number of aromatic nitrogens is 2. The number of anilines is 3. The molecule has 1 saturated heterocycles. The third-order valence-corrected chi connectivity index (χ3v) is 6.44. The number of amides is 1. The maximum Gasteiger partial charge on any atom is 0.255 e. The van der Waals surface area contributed by atoms with Crippen molar-refractivity contribution in [3.05, 3.63) is 66.4 Å². The first-order valence-corrected chi connectivity index (χ1v) is 12.4. The molecule has 11 nitrogen and oxygen atoms in total. The molecule has 0 aliphatic carbocycles. The Kier molecular flexibility index (Phi) is 8.62. The third kappa shape index (κ3) is 6.27. The first-order chi connectivity index (χ1) is 18.9. The van der Waals surface area contributed by atoms with Crippen molar-refractivity contribution in [3.63, 3.8) is 0 Å². The predicted molar refractivity (Wildman–Crippen MR) is 146 cm³/mol. The Morgan fingerprint density at radius 2 is 2.03 bits per heavy atom. The second-order valence-corrected chi connectivity index (χ2v) is 8.88. The van der Waals surface area contributed by atoms with Crippen molar-refractivity contribution in [2.45, 2.75) is 25.3 Å². The highest BCUT2D eigenvalue weighted by atomic mass is 16.5. The van der Waals surface area contributed by atoms with Crippen LogP contribution in [0.5, 0.6) is 23.1 Å². The van der Waals surface area contributed by atoms with E-state index in [1.165, 1.54) is 19.4 Å². The number of methoxy groups -OCH3 is 2. The van der Waals surface area contributed by atoms with Gasteiger partial charge in [0, 0.05) is 36.5 Å². The summed E-state index contributed by atoms with van der Waals surface area (Å²) in [6.45, 7) is 4.45. The van der Waals surface area contributed by atoms with Gasteiger partial charge in [-0.3, -0.25) is 9.59 Å². The van der Waals surface area contributed by atoms with Gasteiger partial charge in [0.2, 0.25) is 11.8 Å². The van der Waals surface area contributed by atoms with Gasteiger partial charge in [0.15, 0.2) is 5.78 Å². The maximum absolute atomic E-state index is 12.1. The third-order valence-electron chi connectivity index (χ3n) is 6.44. The van der Waals surface area contributed by atoms with Gasteiger partial charge in [-0.05, 0) is 49.2 Å². The van der Waals surface area contributed by atoms with Crippen LogP contribution in [-0.4, -0.2) is 60.2 Å². The number of nitrogens with one attached hydrogen (secondary N) is 1. The molecular formula is C28H31N5O6. The SMILES string of the molecule is C=CC(=O)Cc1cc(OC)ccc1Oc1nc(Nc2ccc(N3CCC[C@@H]3CO)cc2OC)ncc1C(N)=O. The fourth-order valence-electron chi connectivity index (χ4n) is 4.41. The van der Waals surface area contributed by atoms with Gasteiger partial charge in [0.1, 0.15) is 22.8 Å². The lowest BCUT2D eigenvalue weighted by molar-refractivity contribution is -0.114. The zero-order valence-electron chi connectivity index (χ0n) is 21.8. The Morgan fingerprint density at radius 1 is 1.21 bits per heavy atom. The molecule has 0 unspecified atom stereocenters. The minimum Gasteiger partial charge on any atom is -0.497 e. The predicted octanol–water partition coefficient (Wildman–Crippen LogP) is 3.39. The fraction of sp³-hybridized carbons (Fsp3) is 0.286. The molecule has 11 heteroatoms. The normalized spacial score (nSPS) is 14.5. The lowest BCUT2D eigenvalue weighted by atomic mass is 10.1. The van der Waals surface area contributed by atoms with Gasteiger partial charge < -0.3 is 35.3 Å². The van der Waals surface area contributed by atoms with E-state index < -0.39 is 5.91 Å². The lowest BCUT2D eigenvalue weighted by Crippen LogP contribution is -2.31. The summed E-state index contributed by atoms with van der Waals surface area (Å²) >= 11 is 0. The van der Waals surface area contributed by atoms with Gasteiger partial charge in [-0.2, -0.15) is 4.98 Å². The highest BCUT2D eigenvalue weighted by Crippen LogP contribution is 2.35. The number of primary amides is 1. The van der Waals surface area contributed by atoms with E-state index >= 15 is 0 Å². The van der Waals surface area contributed by atoms with Crippen molar-refractivity contribution in [2.75, 3.05) is 37.6 Å². The Balaban J connectivity index is 1.64. The summed E-state index contributed by atoms with van der Waals surface area (Å²) in [5, 5.41) is 12.8. The van der Waals surface area contributed by atoms with E-state index in [0.29, 0.717) is 28.5 Å². The van der Waals surface area contributed by atoms with Crippen LogP contribution in [-0.2, 0) is 11.2 Å². The van der Waals surface area contributed by atoms with Crippen LogP contribution in [0.15, 0.2) is 55.3 Å². The van der Waals surface area contributed by atoms with Gasteiger partial charge in [0.05, 0.1) is 32.6 Å². The van der Waals surface area contributed by atoms with Crippen LogP contribution in [0.2, 0.25) is 0 Å². The summed E-state index contributed by atoms with van der Waals surface area (Å²) in [7, 11) is 3.07. The molecule has 204 valence electrons. The second kappa shape index (κ2) is 12.3. The van der Waals surface area contributed by atoms with Gasteiger partial charge in [-0.25, -0.2) is 4.98 Å². The second-order valence-electron chi connectivity index (χ2n) is 8.88. The molecule has 2 heterocycles. The molecule has 4 N–H and O–H groups in total. The quantitative estimate of drug-likeness (QED) is 0.296. The molecule has 3 aromatic rings. The van der Waals surface area contributed by atoms with Crippen molar-refractivity contribution in [2.24, 2.45) is 5.73 Å². The van der Waals surface area contributed by atoms with Gasteiger partial charge >= 0.3 is 0 Å². The number of rotatable bonds is 12. The number of hydrogen-bond acceptors (Lipinski definition) is 10. The summed E-state index contributed by atoms with van der Waals surface area (Å²) in [5.41, 5.74) is 7.55. The van der Waals surface area contributed by atoms with E-state index in [-0.39, 0.29) is 42.2 Å². The average molecular weight is 534 g/mol. The number of hydrogen-bond donors (Lipinski definition) is 3. The molecule has 1 atom stereocenters. The van der Waals surface area contributed by atoms with Crippen molar-refractivity contribution in [1.29, 1.82) is 0 Å². The molecule has 1 aliphatic heterocycles. The molecule has 4 rings (SSSR count). The maximum atomic E-state index is 12.1. The molecule has 39 heavy (non-hydrogen) atoms. The number of carbonyl (C=O) groups excluding carboxylic acids is 2. The zero-order chi connectivity index (χ0) is 27.9. The number of aliphatic hydroxyl groups is 1. The van der Waals surface area contributed by atoms with Crippen LogP contribution in [0.4, 0.5) is 17.3 Å². The van der Waals surface area contributed by atoms with Gasteiger partial charge in [0.25, 0.3) is 5.91 Å². The molecule has 0 spiro atoms. The smallest absolute Gasteiger partial charge is 0.255 e. The minimum atomic E-state index is -0.778. The molecule has 1 aliphatic rings. The van der Waals surface area contributed by atoms with E-state index in [1.807, 2.05) is 18.2 Å². The van der Waals surface area contributed by atoms with E-state index in [9.17, 15) is 14.7 Å². The molecule has 1 fully saturated rings. The fourth-order valence-corrected chi connectivity index (χ4v) is 4.41. The van der Waals surface area contributed by atoms with E-state index in [1.54, 1.807) is 25.3 Å². The number of carbonyl (C=O) groups is 2. The van der Waals surface area contributed by atoms with Gasteiger partial charge in [-0.15, -0.1) is 0 Å². The average Bonchev–Trinajstić information content (AvgIpc) is 3.43. The molecule has 1 aromatic heterocycles. The first kappa shape index (κ1) is 27.4. The highest BCUT2D eigenvalue weighted by Gasteiger charge is 2.25. The number of benzene rings is 2. The van der Waals surface area contributed by atoms with E-state index in [4.69, 9.17) is 19.9 Å². The summed E-state index contributed by atoms with van der Waals surface area (Å²) in [6, 6.07) is 10.6. The minimum absolute atomic E-state index is 0.00975. The largest absolute Gasteiger partial charge is 0.497 e. The topological polar surface area (TPSA) is 149 Å². The summed E-state index contributed by atoms with van der Waals surface area (Å²) in [4.78, 5) is 34.9. The molecule has 0 radical (unpaired) electrons. The van der Waals surface area contributed by atoms with Crippen LogP contribution in [0.25, 0.3) is 0 Å². The Labute approximate surface area is 226 Å². The van der Waals surface area contributed by atoms with Crippen LogP contribution in [0, 0.1) is 0 Å². The summed E-state index contributed by atoms with van der Waals surface area (Å²) in [5.74, 6) is 0.418. The van der Waals surface area contributed by atoms with Crippen LogP contribution < -0.4 is 30.2 Å². The Hall–Kier alpha value is -4.64. The monoisotopic (exact) mass is 533 g/mol. The van der Waals surface area contributed by atoms with E-state index in [0.717, 1.165) is 25.1 Å². The standard InChI is InChI=1S/C28H31N5O6/c1-4-20(35)12-17-13-21(37-2)8-10-24(17)39-27-22(26(29)36)15-30-28(32-27)31-23-9-7-18(14-25(23)38-3)33-11-5-6-19(33)16-34/h4,7-10,13-15,19,34H,1,5-6,11-12,16H2,2-3H3,(H2,29,36)(H,30,31,32)/t19-/m1/s1. The number of ketones is 1. The Morgan fingerprint density at radius 3 is 2.72 bits per heavy atom. The van der Waals surface area contributed by atoms with Crippen molar-refractivity contribution >= 4 is 29.0 Å². The molecular weight excluding hydrogens is 502 g/mol.